The summed E-state index contributed by atoms with van der Waals surface area (Å²) in [5.41, 5.74) is 1.89. The SMILES string of the molecule is Cc1ccc(N2CC(C(=O)N3CCC[C@H]3C(=O)O)CC2=O)cc1. The van der Waals surface area contributed by atoms with Gasteiger partial charge in [-0.3, -0.25) is 9.59 Å². The van der Waals surface area contributed by atoms with Gasteiger partial charge in [-0.05, 0) is 31.9 Å². The molecule has 2 saturated heterocycles. The molecular weight excluding hydrogens is 296 g/mol. The zero-order valence-corrected chi connectivity index (χ0v) is 13.1. The molecule has 3 rings (SSSR count). The van der Waals surface area contributed by atoms with Gasteiger partial charge in [-0.25, -0.2) is 4.79 Å². The molecule has 2 atom stereocenters. The number of aliphatic carboxylic acids is 1. The van der Waals surface area contributed by atoms with Crippen molar-refractivity contribution in [1.82, 2.24) is 4.90 Å². The number of amides is 2. The molecule has 2 aliphatic rings. The standard InChI is InChI=1S/C17H20N2O4/c1-11-4-6-13(7-5-11)19-10-12(9-15(19)20)16(21)18-8-2-3-14(18)17(22)23/h4-7,12,14H,2-3,8-10H2,1H3,(H,22,23)/t12?,14-/m0/s1. The minimum atomic E-state index is -0.962. The molecule has 2 amide bonds. The number of nitrogens with zero attached hydrogens (tertiary/aromatic N) is 2. The summed E-state index contributed by atoms with van der Waals surface area (Å²) in [6, 6.07) is 6.86. The van der Waals surface area contributed by atoms with Gasteiger partial charge in [-0.15, -0.1) is 0 Å². The van der Waals surface area contributed by atoms with Crippen molar-refractivity contribution in [2.75, 3.05) is 18.0 Å². The number of carboxylic acids is 1. The Balaban J connectivity index is 1.73. The average molecular weight is 316 g/mol. The van der Waals surface area contributed by atoms with Crippen molar-refractivity contribution in [1.29, 1.82) is 0 Å². The molecule has 122 valence electrons. The predicted octanol–water partition coefficient (Wildman–Crippen LogP) is 1.42. The maximum Gasteiger partial charge on any atom is 0.326 e. The van der Waals surface area contributed by atoms with E-state index in [2.05, 4.69) is 0 Å². The second-order valence-corrected chi connectivity index (χ2v) is 6.27. The monoisotopic (exact) mass is 316 g/mol. The fraction of sp³-hybridized carbons (Fsp3) is 0.471. The Morgan fingerprint density at radius 1 is 1.22 bits per heavy atom. The van der Waals surface area contributed by atoms with E-state index in [1.165, 1.54) is 4.90 Å². The summed E-state index contributed by atoms with van der Waals surface area (Å²) in [5.74, 6) is -1.71. The lowest BCUT2D eigenvalue weighted by molar-refractivity contribution is -0.149. The van der Waals surface area contributed by atoms with Crippen LogP contribution in [0.4, 0.5) is 5.69 Å². The van der Waals surface area contributed by atoms with Crippen molar-refractivity contribution in [3.05, 3.63) is 29.8 Å². The first kappa shape index (κ1) is 15.5. The fourth-order valence-electron chi connectivity index (χ4n) is 3.37. The van der Waals surface area contributed by atoms with E-state index in [0.717, 1.165) is 11.3 Å². The molecule has 2 heterocycles. The molecule has 23 heavy (non-hydrogen) atoms. The van der Waals surface area contributed by atoms with E-state index in [-0.39, 0.29) is 18.2 Å². The maximum atomic E-state index is 12.6. The number of carboxylic acid groups (broad SMARTS) is 1. The van der Waals surface area contributed by atoms with E-state index in [1.807, 2.05) is 31.2 Å². The van der Waals surface area contributed by atoms with Crippen molar-refractivity contribution in [3.8, 4) is 0 Å². The summed E-state index contributed by atoms with van der Waals surface area (Å²) in [4.78, 5) is 39.2. The van der Waals surface area contributed by atoms with Gasteiger partial charge in [0.25, 0.3) is 0 Å². The number of carbonyl (C=O) groups excluding carboxylic acids is 2. The molecule has 6 heteroatoms. The second kappa shape index (κ2) is 6.02. The Bertz CT molecular complexity index is 640. The van der Waals surface area contributed by atoms with Crippen LogP contribution in [0.5, 0.6) is 0 Å². The lowest BCUT2D eigenvalue weighted by Crippen LogP contribution is -2.44. The molecule has 1 N–H and O–H groups in total. The molecule has 0 bridgehead atoms. The first-order valence-electron chi connectivity index (χ1n) is 7.87. The van der Waals surface area contributed by atoms with Crippen molar-refractivity contribution in [2.24, 2.45) is 5.92 Å². The number of benzene rings is 1. The summed E-state index contributed by atoms with van der Waals surface area (Å²) in [5, 5.41) is 9.21. The predicted molar refractivity (Wildman–Crippen MR) is 84.0 cm³/mol. The molecule has 6 nitrogen and oxygen atoms in total. The summed E-state index contributed by atoms with van der Waals surface area (Å²) in [6.45, 7) is 2.76. The van der Waals surface area contributed by atoms with Crippen LogP contribution in [0.1, 0.15) is 24.8 Å². The Morgan fingerprint density at radius 2 is 1.91 bits per heavy atom. The third kappa shape index (κ3) is 2.93. The average Bonchev–Trinajstić information content (AvgIpc) is 3.14. The van der Waals surface area contributed by atoms with Crippen molar-refractivity contribution < 1.29 is 19.5 Å². The number of likely N-dealkylation sites (tertiary alicyclic amines) is 1. The van der Waals surface area contributed by atoms with Crippen LogP contribution in [0.15, 0.2) is 24.3 Å². The highest BCUT2D eigenvalue weighted by molar-refractivity contribution is 6.00. The Hall–Kier alpha value is -2.37. The molecule has 0 spiro atoms. The first-order chi connectivity index (χ1) is 11.0. The molecule has 2 fully saturated rings. The fourth-order valence-corrected chi connectivity index (χ4v) is 3.37. The zero-order valence-electron chi connectivity index (χ0n) is 13.1. The summed E-state index contributed by atoms with van der Waals surface area (Å²) >= 11 is 0. The summed E-state index contributed by atoms with van der Waals surface area (Å²) in [7, 11) is 0. The Morgan fingerprint density at radius 3 is 2.57 bits per heavy atom. The molecule has 0 saturated carbocycles. The number of rotatable bonds is 3. The molecule has 0 aliphatic carbocycles. The Kier molecular flexibility index (Phi) is 4.07. The van der Waals surface area contributed by atoms with Gasteiger partial charge in [-0.2, -0.15) is 0 Å². The number of hydrogen-bond acceptors (Lipinski definition) is 3. The van der Waals surface area contributed by atoms with Crippen LogP contribution in [0.3, 0.4) is 0 Å². The van der Waals surface area contributed by atoms with Gasteiger partial charge in [0.05, 0.1) is 5.92 Å². The van der Waals surface area contributed by atoms with Crippen molar-refractivity contribution >= 4 is 23.5 Å². The largest absolute Gasteiger partial charge is 0.480 e. The molecule has 1 unspecified atom stereocenters. The highest BCUT2D eigenvalue weighted by Gasteiger charge is 2.42. The smallest absolute Gasteiger partial charge is 0.326 e. The van der Waals surface area contributed by atoms with Crippen LogP contribution in [0, 0.1) is 12.8 Å². The maximum absolute atomic E-state index is 12.6. The van der Waals surface area contributed by atoms with E-state index in [1.54, 1.807) is 4.90 Å². The van der Waals surface area contributed by atoms with Crippen LogP contribution < -0.4 is 4.90 Å². The molecule has 1 aromatic carbocycles. The van der Waals surface area contributed by atoms with E-state index in [9.17, 15) is 19.5 Å². The van der Waals surface area contributed by atoms with Crippen LogP contribution in [0.25, 0.3) is 0 Å². The normalized spacial score (nSPS) is 24.3. The highest BCUT2D eigenvalue weighted by Crippen LogP contribution is 2.29. The molecule has 0 aromatic heterocycles. The van der Waals surface area contributed by atoms with Crippen LogP contribution in [0.2, 0.25) is 0 Å². The first-order valence-corrected chi connectivity index (χ1v) is 7.87. The van der Waals surface area contributed by atoms with E-state index < -0.39 is 17.9 Å². The minimum Gasteiger partial charge on any atom is -0.480 e. The second-order valence-electron chi connectivity index (χ2n) is 6.27. The topological polar surface area (TPSA) is 77.9 Å². The summed E-state index contributed by atoms with van der Waals surface area (Å²) in [6.07, 6.45) is 1.34. The minimum absolute atomic E-state index is 0.0849. The Labute approximate surface area is 134 Å². The summed E-state index contributed by atoms with van der Waals surface area (Å²) < 4.78 is 0. The number of hydrogen-bond donors (Lipinski definition) is 1. The lowest BCUT2D eigenvalue weighted by atomic mass is 10.1. The quantitative estimate of drug-likeness (QED) is 0.915. The third-order valence-corrected chi connectivity index (χ3v) is 4.64. The van der Waals surface area contributed by atoms with Gasteiger partial charge in [0.15, 0.2) is 0 Å². The molecular formula is C17H20N2O4. The van der Waals surface area contributed by atoms with Crippen LogP contribution in [-0.4, -0.2) is 46.9 Å². The van der Waals surface area contributed by atoms with Crippen molar-refractivity contribution in [2.45, 2.75) is 32.2 Å². The van der Waals surface area contributed by atoms with Gasteiger partial charge in [0.1, 0.15) is 6.04 Å². The van der Waals surface area contributed by atoms with Gasteiger partial charge >= 0.3 is 5.97 Å². The zero-order chi connectivity index (χ0) is 16.6. The van der Waals surface area contributed by atoms with Crippen LogP contribution >= 0.6 is 0 Å². The van der Waals surface area contributed by atoms with Crippen LogP contribution in [-0.2, 0) is 14.4 Å². The van der Waals surface area contributed by atoms with Gasteiger partial charge in [0.2, 0.25) is 11.8 Å². The third-order valence-electron chi connectivity index (χ3n) is 4.64. The number of aryl methyl sites for hydroxylation is 1. The highest BCUT2D eigenvalue weighted by atomic mass is 16.4. The molecule has 0 radical (unpaired) electrons. The number of carbonyl (C=O) groups is 3. The van der Waals surface area contributed by atoms with Gasteiger partial charge in [0, 0.05) is 25.2 Å². The van der Waals surface area contributed by atoms with E-state index in [0.29, 0.717) is 25.9 Å². The van der Waals surface area contributed by atoms with Crippen molar-refractivity contribution in [3.63, 3.8) is 0 Å². The van der Waals surface area contributed by atoms with Gasteiger partial charge in [-0.1, -0.05) is 17.7 Å². The van der Waals surface area contributed by atoms with E-state index >= 15 is 0 Å². The molecule has 1 aromatic rings. The number of anilines is 1. The lowest BCUT2D eigenvalue weighted by Gasteiger charge is -2.24. The van der Waals surface area contributed by atoms with Gasteiger partial charge < -0.3 is 14.9 Å². The van der Waals surface area contributed by atoms with E-state index in [4.69, 9.17) is 0 Å². The molecule has 2 aliphatic heterocycles.